The molecule has 2 heterocycles. The Morgan fingerprint density at radius 2 is 1.74 bits per heavy atom. The van der Waals surface area contributed by atoms with Gasteiger partial charge in [-0.3, -0.25) is 0 Å². The molecule has 0 bridgehead atoms. The van der Waals surface area contributed by atoms with E-state index < -0.39 is 5.60 Å². The van der Waals surface area contributed by atoms with Gasteiger partial charge in [-0.1, -0.05) is 54.1 Å². The fraction of sp³-hybridized carbons (Fsp3) is 0.367. The van der Waals surface area contributed by atoms with Gasteiger partial charge in [0.05, 0.1) is 6.10 Å². The molecule has 0 N–H and O–H groups in total. The number of furan rings is 1. The highest BCUT2D eigenvalue weighted by Crippen LogP contribution is 2.44. The van der Waals surface area contributed by atoms with Crippen LogP contribution in [0.5, 0.6) is 5.88 Å². The van der Waals surface area contributed by atoms with Crippen molar-refractivity contribution in [1.82, 2.24) is 9.97 Å². The van der Waals surface area contributed by atoms with Crippen molar-refractivity contribution in [2.24, 2.45) is 0 Å². The molecule has 0 aliphatic heterocycles. The largest absolute Gasteiger partial charge is 0.474 e. The summed E-state index contributed by atoms with van der Waals surface area (Å²) in [5.74, 6) is 0.789. The second-order valence-electron chi connectivity index (χ2n) is 10.5. The molecule has 0 radical (unpaired) electrons. The smallest absolute Gasteiger partial charge is 0.332 e. The summed E-state index contributed by atoms with van der Waals surface area (Å²) in [7, 11) is 0. The number of hydrogen-bond acceptors (Lipinski definition) is 7. The molecular weight excluding hydrogens is 504 g/mol. The summed E-state index contributed by atoms with van der Waals surface area (Å²) >= 11 is 6.18. The Hall–Kier alpha value is -3.42. The first-order valence-corrected chi connectivity index (χ1v) is 13.2. The first-order valence-electron chi connectivity index (χ1n) is 12.9. The van der Waals surface area contributed by atoms with E-state index in [2.05, 4.69) is 9.97 Å². The number of rotatable bonds is 7. The van der Waals surface area contributed by atoms with Crippen molar-refractivity contribution in [3.8, 4) is 28.3 Å². The van der Waals surface area contributed by atoms with Crippen molar-refractivity contribution in [2.45, 2.75) is 64.3 Å². The molecule has 1 fully saturated rings. The Bertz CT molecular complexity index is 1400. The van der Waals surface area contributed by atoms with E-state index in [9.17, 15) is 4.79 Å². The van der Waals surface area contributed by atoms with Gasteiger partial charge in [0.2, 0.25) is 11.6 Å². The minimum Gasteiger partial charge on any atom is -0.474 e. The van der Waals surface area contributed by atoms with Crippen molar-refractivity contribution in [3.63, 3.8) is 0 Å². The van der Waals surface area contributed by atoms with Crippen LogP contribution >= 0.6 is 11.6 Å². The van der Waals surface area contributed by atoms with Crippen molar-refractivity contribution in [3.05, 3.63) is 65.9 Å². The van der Waals surface area contributed by atoms with E-state index in [1.165, 1.54) is 6.33 Å². The molecule has 0 spiro atoms. The van der Waals surface area contributed by atoms with Gasteiger partial charge in [0, 0.05) is 22.6 Å². The normalized spacial score (nSPS) is 17.9. The van der Waals surface area contributed by atoms with Crippen LogP contribution in [0.25, 0.3) is 33.6 Å². The first kappa shape index (κ1) is 26.2. The second kappa shape index (κ2) is 11.1. The maximum absolute atomic E-state index is 12.1. The van der Waals surface area contributed by atoms with Gasteiger partial charge < -0.3 is 18.6 Å². The van der Waals surface area contributed by atoms with Crippen molar-refractivity contribution in [1.29, 1.82) is 0 Å². The lowest BCUT2D eigenvalue weighted by molar-refractivity contribution is -0.163. The van der Waals surface area contributed by atoms with Gasteiger partial charge in [-0.05, 0) is 57.7 Å². The van der Waals surface area contributed by atoms with E-state index in [4.69, 9.17) is 30.2 Å². The quantitative estimate of drug-likeness (QED) is 0.231. The molecule has 5 rings (SSSR count). The zero-order valence-electron chi connectivity index (χ0n) is 21.8. The Labute approximate surface area is 227 Å². The van der Waals surface area contributed by atoms with Crippen LogP contribution in [0.2, 0.25) is 5.02 Å². The number of carbonyl (C=O) groups excluding carboxylic acids is 1. The number of nitrogens with zero attached hydrogens (tertiary/aromatic N) is 2. The van der Waals surface area contributed by atoms with E-state index in [0.717, 1.165) is 36.0 Å². The maximum atomic E-state index is 12.1. The number of carbonyl (C=O) groups is 1. The van der Waals surface area contributed by atoms with Gasteiger partial charge in [-0.15, -0.1) is 0 Å². The zero-order chi connectivity index (χ0) is 26.7. The molecular formula is C30H31ClN2O5. The van der Waals surface area contributed by atoms with Gasteiger partial charge in [0.1, 0.15) is 35.8 Å². The van der Waals surface area contributed by atoms with Crippen LogP contribution < -0.4 is 4.74 Å². The van der Waals surface area contributed by atoms with E-state index in [0.29, 0.717) is 34.2 Å². The molecule has 1 unspecified atom stereocenters. The summed E-state index contributed by atoms with van der Waals surface area (Å²) in [6.07, 6.45) is 4.52. The fourth-order valence-corrected chi connectivity index (χ4v) is 4.88. The Morgan fingerprint density at radius 1 is 1.00 bits per heavy atom. The van der Waals surface area contributed by atoms with Crippen molar-refractivity contribution in [2.75, 3.05) is 6.61 Å². The highest BCUT2D eigenvalue weighted by Gasteiger charge is 2.29. The van der Waals surface area contributed by atoms with E-state index in [-0.39, 0.29) is 24.8 Å². The maximum Gasteiger partial charge on any atom is 0.332 e. The van der Waals surface area contributed by atoms with Crippen LogP contribution in [0.1, 0.15) is 46.5 Å². The predicted molar refractivity (Wildman–Crippen MR) is 146 cm³/mol. The second-order valence-corrected chi connectivity index (χ2v) is 10.9. The standard InChI is InChI=1S/C30H31ClN2O5/c1-30(2,3)38-24(34)17-35-22-10-7-11-23(16-22)36-28-26-25(19-12-14-21(31)15-13-19)27(20-8-5-4-6-9-20)37-29(26)33-18-32-28/h4-6,8-9,12-15,18,22-23H,7,10-11,16-17H2,1-3H3/t22?,23-/m0/s1. The molecule has 2 aromatic heterocycles. The lowest BCUT2D eigenvalue weighted by atomic mass is 9.94. The number of esters is 1. The molecule has 0 amide bonds. The summed E-state index contributed by atoms with van der Waals surface area (Å²) < 4.78 is 24.0. The van der Waals surface area contributed by atoms with Gasteiger partial charge in [0.25, 0.3) is 0 Å². The van der Waals surface area contributed by atoms with Crippen molar-refractivity contribution >= 4 is 28.7 Å². The molecule has 4 aromatic rings. The minimum atomic E-state index is -0.540. The fourth-order valence-electron chi connectivity index (χ4n) is 4.76. The number of aromatic nitrogens is 2. The molecule has 8 heteroatoms. The zero-order valence-corrected chi connectivity index (χ0v) is 22.5. The van der Waals surface area contributed by atoms with Gasteiger partial charge in [-0.25, -0.2) is 14.8 Å². The topological polar surface area (TPSA) is 83.7 Å². The highest BCUT2D eigenvalue weighted by atomic mass is 35.5. The lowest BCUT2D eigenvalue weighted by Crippen LogP contribution is -2.33. The summed E-state index contributed by atoms with van der Waals surface area (Å²) in [5, 5.41) is 1.36. The van der Waals surface area contributed by atoms with Crippen LogP contribution in [-0.2, 0) is 14.3 Å². The molecule has 7 nitrogen and oxygen atoms in total. The molecule has 38 heavy (non-hydrogen) atoms. The molecule has 2 aromatic carbocycles. The molecule has 198 valence electrons. The number of halogens is 1. The minimum absolute atomic E-state index is 0.0741. The summed E-state index contributed by atoms with van der Waals surface area (Å²) in [6, 6.07) is 17.5. The van der Waals surface area contributed by atoms with Gasteiger partial charge in [0.15, 0.2) is 0 Å². The molecule has 1 saturated carbocycles. The molecule has 2 atom stereocenters. The third kappa shape index (κ3) is 6.17. The number of fused-ring (bicyclic) bond motifs is 1. The molecule has 1 aliphatic rings. The summed E-state index contributed by atoms with van der Waals surface area (Å²) in [6.45, 7) is 5.45. The summed E-state index contributed by atoms with van der Waals surface area (Å²) in [4.78, 5) is 21.1. The van der Waals surface area contributed by atoms with Gasteiger partial charge in [-0.2, -0.15) is 0 Å². The van der Waals surface area contributed by atoms with Crippen LogP contribution in [0, 0.1) is 0 Å². The average molecular weight is 535 g/mol. The average Bonchev–Trinajstić information content (AvgIpc) is 3.28. The van der Waals surface area contributed by atoms with Crippen molar-refractivity contribution < 1.29 is 23.4 Å². The van der Waals surface area contributed by atoms with Crippen LogP contribution in [0.4, 0.5) is 0 Å². The third-order valence-corrected chi connectivity index (χ3v) is 6.59. The Balaban J connectivity index is 1.42. The SMILES string of the molecule is CC(C)(C)OC(=O)COC1CCC[C@H](Oc2ncnc3oc(-c4ccccc4)c(-c4ccc(Cl)cc4)c23)C1. The number of ether oxygens (including phenoxy) is 3. The van der Waals surface area contributed by atoms with E-state index in [1.54, 1.807) is 0 Å². The lowest BCUT2D eigenvalue weighted by Gasteiger charge is -2.29. The Morgan fingerprint density at radius 3 is 2.47 bits per heavy atom. The van der Waals surface area contributed by atoms with Crippen LogP contribution in [-0.4, -0.2) is 40.4 Å². The number of hydrogen-bond donors (Lipinski definition) is 0. The van der Waals surface area contributed by atoms with E-state index >= 15 is 0 Å². The monoisotopic (exact) mass is 534 g/mol. The first-order chi connectivity index (χ1) is 18.3. The van der Waals surface area contributed by atoms with Crippen LogP contribution in [0.15, 0.2) is 65.3 Å². The molecule has 0 saturated heterocycles. The molecule has 1 aliphatic carbocycles. The van der Waals surface area contributed by atoms with E-state index in [1.807, 2.05) is 75.4 Å². The predicted octanol–water partition coefficient (Wildman–Crippen LogP) is 7.26. The van der Waals surface area contributed by atoms with Gasteiger partial charge >= 0.3 is 5.97 Å². The number of benzene rings is 2. The van der Waals surface area contributed by atoms with Crippen LogP contribution in [0.3, 0.4) is 0 Å². The summed E-state index contributed by atoms with van der Waals surface area (Å²) in [5.41, 5.74) is 2.62. The highest BCUT2D eigenvalue weighted by molar-refractivity contribution is 6.30. The third-order valence-electron chi connectivity index (χ3n) is 6.34. The Kier molecular flexibility index (Phi) is 7.68.